The number of fused-ring (bicyclic) bond motifs is 1. The summed E-state index contributed by atoms with van der Waals surface area (Å²) >= 11 is 7.12. The summed E-state index contributed by atoms with van der Waals surface area (Å²) in [5, 5.41) is 7.74. The Hall–Kier alpha value is -2.97. The topological polar surface area (TPSA) is 70.7 Å². The molecule has 0 aliphatic rings. The molecule has 5 nitrogen and oxygen atoms in total. The number of carbonyl (C=O) groups excluding carboxylic acids is 1. The zero-order chi connectivity index (χ0) is 22.0. The molecule has 2 N–H and O–H groups in total. The van der Waals surface area contributed by atoms with Crippen LogP contribution < -0.4 is 4.72 Å². The van der Waals surface area contributed by atoms with Crippen molar-refractivity contribution in [2.24, 2.45) is 0 Å². The molecule has 0 unspecified atom stereocenters. The highest BCUT2D eigenvalue weighted by atomic mass is 35.5. The van der Waals surface area contributed by atoms with E-state index in [4.69, 9.17) is 11.6 Å². The van der Waals surface area contributed by atoms with Gasteiger partial charge in [0.15, 0.2) is 11.5 Å². The van der Waals surface area contributed by atoms with Gasteiger partial charge in [-0.25, -0.2) is 13.8 Å². The van der Waals surface area contributed by atoms with E-state index < -0.39 is 17.4 Å². The molecule has 0 fully saturated rings. The third kappa shape index (κ3) is 4.26. The lowest BCUT2D eigenvalue weighted by atomic mass is 10.0. The molecule has 0 aliphatic heterocycles. The fraction of sp³-hybridized carbons (Fsp3) is 0.136. The van der Waals surface area contributed by atoms with Gasteiger partial charge in [0.2, 0.25) is 5.78 Å². The molecule has 0 saturated carbocycles. The summed E-state index contributed by atoms with van der Waals surface area (Å²) < 4.78 is 31.8. The molecule has 2 heterocycles. The molecule has 4 rings (SSSR count). The minimum atomic E-state index is -0.946. The summed E-state index contributed by atoms with van der Waals surface area (Å²) in [6.45, 7) is 1.96. The van der Waals surface area contributed by atoms with Crippen molar-refractivity contribution in [3.63, 3.8) is 0 Å². The smallest absolute Gasteiger partial charge is 0.214 e. The SMILES string of the molecule is CCCSNc1c(F)ccc(C(=O)c2[nH]nc3ncc(-c4ccc(Cl)cc4)cc23)c1F. The van der Waals surface area contributed by atoms with Crippen LogP contribution in [0.25, 0.3) is 22.2 Å². The van der Waals surface area contributed by atoms with E-state index in [1.807, 2.05) is 19.1 Å². The van der Waals surface area contributed by atoms with Crippen molar-refractivity contribution < 1.29 is 13.6 Å². The number of carbonyl (C=O) groups is 1. The van der Waals surface area contributed by atoms with Crippen molar-refractivity contribution in [3.05, 3.63) is 76.6 Å². The van der Waals surface area contributed by atoms with Gasteiger partial charge in [-0.15, -0.1) is 0 Å². The minimum Gasteiger partial charge on any atom is -0.325 e. The summed E-state index contributed by atoms with van der Waals surface area (Å²) in [5.41, 5.74) is 1.40. The van der Waals surface area contributed by atoms with Crippen LogP contribution in [0.5, 0.6) is 0 Å². The molecule has 9 heteroatoms. The monoisotopic (exact) mass is 458 g/mol. The number of ketones is 1. The molecule has 0 amide bonds. The van der Waals surface area contributed by atoms with Crippen molar-refractivity contribution in [1.82, 2.24) is 15.2 Å². The Balaban J connectivity index is 1.73. The number of pyridine rings is 1. The van der Waals surface area contributed by atoms with Gasteiger partial charge in [0.05, 0.1) is 10.9 Å². The lowest BCUT2D eigenvalue weighted by Gasteiger charge is -2.10. The van der Waals surface area contributed by atoms with Crippen LogP contribution in [0.3, 0.4) is 0 Å². The maximum Gasteiger partial charge on any atom is 0.214 e. The number of hydrogen-bond donors (Lipinski definition) is 2. The first-order valence-corrected chi connectivity index (χ1v) is 10.9. The largest absolute Gasteiger partial charge is 0.325 e. The van der Waals surface area contributed by atoms with Gasteiger partial charge in [-0.05, 0) is 42.3 Å². The molecule has 0 radical (unpaired) electrons. The van der Waals surface area contributed by atoms with E-state index in [1.165, 1.54) is 11.9 Å². The fourth-order valence-corrected chi connectivity index (χ4v) is 3.82. The van der Waals surface area contributed by atoms with E-state index in [2.05, 4.69) is 19.9 Å². The summed E-state index contributed by atoms with van der Waals surface area (Å²) in [6.07, 6.45) is 2.47. The molecule has 0 aliphatic carbocycles. The van der Waals surface area contributed by atoms with E-state index in [0.29, 0.717) is 21.8 Å². The first-order valence-electron chi connectivity index (χ1n) is 9.50. The molecule has 0 spiro atoms. The quantitative estimate of drug-likeness (QED) is 0.194. The van der Waals surface area contributed by atoms with Crippen LogP contribution in [0.15, 0.2) is 48.7 Å². The van der Waals surface area contributed by atoms with Crippen molar-refractivity contribution in [2.75, 3.05) is 10.5 Å². The number of nitrogens with one attached hydrogen (secondary N) is 2. The second-order valence-electron chi connectivity index (χ2n) is 6.76. The standard InChI is InChI=1S/C22H17ClF2N4OS/c1-2-9-31-29-20-17(24)8-7-15(18(20)25)21(30)19-16-10-13(11-26-22(16)28-27-19)12-3-5-14(23)6-4-12/h3-8,10-11,29H,2,9H2,1H3,(H,26,27,28). The normalized spacial score (nSPS) is 11.1. The predicted octanol–water partition coefficient (Wildman–Crippen LogP) is 6.26. The number of nitrogens with zero attached hydrogens (tertiary/aromatic N) is 2. The number of H-pyrrole nitrogens is 1. The van der Waals surface area contributed by atoms with Gasteiger partial charge >= 0.3 is 0 Å². The highest BCUT2D eigenvalue weighted by Gasteiger charge is 2.23. The number of benzene rings is 2. The lowest BCUT2D eigenvalue weighted by molar-refractivity contribution is 0.103. The van der Waals surface area contributed by atoms with Crippen molar-refractivity contribution in [1.29, 1.82) is 0 Å². The molecular weight excluding hydrogens is 442 g/mol. The Bertz CT molecular complexity index is 1260. The second-order valence-corrected chi connectivity index (χ2v) is 8.10. The van der Waals surface area contributed by atoms with Gasteiger partial charge in [0, 0.05) is 22.5 Å². The van der Waals surface area contributed by atoms with Gasteiger partial charge in [0.1, 0.15) is 17.2 Å². The average Bonchev–Trinajstić information content (AvgIpc) is 3.19. The highest BCUT2D eigenvalue weighted by molar-refractivity contribution is 8.00. The Morgan fingerprint density at radius 3 is 2.68 bits per heavy atom. The zero-order valence-electron chi connectivity index (χ0n) is 16.4. The number of anilines is 1. The lowest BCUT2D eigenvalue weighted by Crippen LogP contribution is -2.08. The number of rotatable bonds is 7. The maximum atomic E-state index is 15.0. The summed E-state index contributed by atoms with van der Waals surface area (Å²) in [7, 11) is 0. The molecule has 4 aromatic rings. The van der Waals surface area contributed by atoms with E-state index in [0.717, 1.165) is 29.7 Å². The summed E-state index contributed by atoms with van der Waals surface area (Å²) in [5.74, 6) is -1.68. The Morgan fingerprint density at radius 2 is 1.94 bits per heavy atom. The van der Waals surface area contributed by atoms with Crippen LogP contribution in [0.1, 0.15) is 29.4 Å². The molecule has 2 aromatic carbocycles. The number of aromatic amines is 1. The number of halogens is 3. The average molecular weight is 459 g/mol. The van der Waals surface area contributed by atoms with Crippen LogP contribution >= 0.6 is 23.5 Å². The van der Waals surface area contributed by atoms with Gasteiger partial charge in [-0.3, -0.25) is 9.89 Å². The van der Waals surface area contributed by atoms with E-state index in [-0.39, 0.29) is 16.9 Å². The third-order valence-electron chi connectivity index (χ3n) is 4.63. The first kappa shape index (κ1) is 21.3. The Labute approximate surface area is 186 Å². The van der Waals surface area contributed by atoms with E-state index in [9.17, 15) is 13.6 Å². The molecule has 31 heavy (non-hydrogen) atoms. The van der Waals surface area contributed by atoms with E-state index in [1.54, 1.807) is 24.4 Å². The molecule has 0 atom stereocenters. The zero-order valence-corrected chi connectivity index (χ0v) is 18.0. The third-order valence-corrected chi connectivity index (χ3v) is 5.84. The van der Waals surface area contributed by atoms with Gasteiger partial charge < -0.3 is 4.72 Å². The maximum absolute atomic E-state index is 15.0. The van der Waals surface area contributed by atoms with Crippen LogP contribution in [-0.2, 0) is 0 Å². The molecule has 0 bridgehead atoms. The molecule has 158 valence electrons. The van der Waals surface area contributed by atoms with Gasteiger partial charge in [0.25, 0.3) is 0 Å². The Morgan fingerprint density at radius 1 is 1.16 bits per heavy atom. The minimum absolute atomic E-state index is 0.0796. The summed E-state index contributed by atoms with van der Waals surface area (Å²) in [4.78, 5) is 17.4. The van der Waals surface area contributed by atoms with Crippen LogP contribution in [-0.4, -0.2) is 26.7 Å². The molecule has 0 saturated heterocycles. The van der Waals surface area contributed by atoms with Crippen LogP contribution in [0, 0.1) is 11.6 Å². The molecular formula is C22H17ClF2N4OS. The van der Waals surface area contributed by atoms with E-state index >= 15 is 0 Å². The predicted molar refractivity (Wildman–Crippen MR) is 120 cm³/mol. The van der Waals surface area contributed by atoms with Gasteiger partial charge in [-0.2, -0.15) is 5.10 Å². The van der Waals surface area contributed by atoms with Crippen LogP contribution in [0.2, 0.25) is 5.02 Å². The van der Waals surface area contributed by atoms with Crippen molar-refractivity contribution in [2.45, 2.75) is 13.3 Å². The highest BCUT2D eigenvalue weighted by Crippen LogP contribution is 2.29. The van der Waals surface area contributed by atoms with Crippen LogP contribution in [0.4, 0.5) is 14.5 Å². The van der Waals surface area contributed by atoms with Gasteiger partial charge in [-0.1, -0.05) is 42.6 Å². The summed E-state index contributed by atoms with van der Waals surface area (Å²) in [6, 6.07) is 11.1. The van der Waals surface area contributed by atoms with Crippen molar-refractivity contribution in [3.8, 4) is 11.1 Å². The fourth-order valence-electron chi connectivity index (χ4n) is 3.05. The first-order chi connectivity index (χ1) is 15.0. The Kier molecular flexibility index (Phi) is 6.20. The second kappa shape index (κ2) is 9.03. The van der Waals surface area contributed by atoms with Crippen molar-refractivity contribution >= 4 is 46.1 Å². The number of hydrogen-bond acceptors (Lipinski definition) is 5. The molecule has 2 aromatic heterocycles. The number of aromatic nitrogens is 3.